The molecule has 0 saturated carbocycles. The van der Waals surface area contributed by atoms with Crippen LogP contribution in [0.2, 0.25) is 0 Å². The average molecular weight is 349 g/mol. The van der Waals surface area contributed by atoms with Gasteiger partial charge in [-0.25, -0.2) is 0 Å². The Bertz CT molecular complexity index is 771. The summed E-state index contributed by atoms with van der Waals surface area (Å²) in [5.74, 6) is 0.279. The number of hydrogen-bond donors (Lipinski definition) is 5. The van der Waals surface area contributed by atoms with Crippen molar-refractivity contribution in [2.24, 2.45) is 5.73 Å². The van der Waals surface area contributed by atoms with Crippen LogP contribution in [0.4, 0.5) is 0 Å². The maximum Gasteiger partial charge on any atom is 0.122 e. The second-order valence-electron chi connectivity index (χ2n) is 5.85. The molecule has 0 aromatic heterocycles. The fraction of sp³-hybridized carbons (Fsp3) is 0.143. The van der Waals surface area contributed by atoms with E-state index in [1.165, 1.54) is 12.4 Å². The number of benzene rings is 2. The summed E-state index contributed by atoms with van der Waals surface area (Å²) < 4.78 is 0. The Hall–Kier alpha value is -3.18. The topological polar surface area (TPSA) is 114 Å². The minimum Gasteiger partial charge on any atom is -0.507 e. The number of hydrogen-bond acceptors (Lipinski definition) is 5. The first kappa shape index (κ1) is 19.1. The van der Waals surface area contributed by atoms with Crippen molar-refractivity contribution >= 4 is 24.6 Å². The molecule has 5 heteroatoms. The van der Waals surface area contributed by atoms with Gasteiger partial charge in [-0.2, -0.15) is 0 Å². The quantitative estimate of drug-likeness (QED) is 0.464. The van der Waals surface area contributed by atoms with Gasteiger partial charge in [0.15, 0.2) is 0 Å². The smallest absolute Gasteiger partial charge is 0.122 e. The van der Waals surface area contributed by atoms with Crippen LogP contribution in [0.15, 0.2) is 59.7 Å². The summed E-state index contributed by atoms with van der Waals surface area (Å²) in [7, 11) is 0. The first-order chi connectivity index (χ1) is 12.6. The molecule has 2 rings (SSSR count). The van der Waals surface area contributed by atoms with Crippen LogP contribution in [0.25, 0.3) is 12.2 Å². The van der Waals surface area contributed by atoms with Gasteiger partial charge in [-0.3, -0.25) is 0 Å². The van der Waals surface area contributed by atoms with Gasteiger partial charge in [0.25, 0.3) is 0 Å². The SMILES string of the molecule is N=CCC(=Cc1ccccc1O)C(N)C(=Cc1ccccc1O)CC=N. The fourth-order valence-corrected chi connectivity index (χ4v) is 2.64. The van der Waals surface area contributed by atoms with Crippen molar-refractivity contribution in [3.63, 3.8) is 0 Å². The van der Waals surface area contributed by atoms with E-state index in [0.717, 1.165) is 11.1 Å². The van der Waals surface area contributed by atoms with Gasteiger partial charge in [0.1, 0.15) is 11.5 Å². The average Bonchev–Trinajstić information content (AvgIpc) is 2.64. The molecule has 0 heterocycles. The van der Waals surface area contributed by atoms with Crippen molar-refractivity contribution in [3.8, 4) is 11.5 Å². The maximum absolute atomic E-state index is 10.00. The lowest BCUT2D eigenvalue weighted by Crippen LogP contribution is -2.26. The molecule has 0 aliphatic heterocycles. The van der Waals surface area contributed by atoms with E-state index in [0.29, 0.717) is 24.0 Å². The third kappa shape index (κ3) is 4.91. The molecule has 0 spiro atoms. The van der Waals surface area contributed by atoms with E-state index in [-0.39, 0.29) is 11.5 Å². The molecule has 0 unspecified atom stereocenters. The van der Waals surface area contributed by atoms with Gasteiger partial charge < -0.3 is 26.8 Å². The summed E-state index contributed by atoms with van der Waals surface area (Å²) in [6.45, 7) is 0. The van der Waals surface area contributed by atoms with Crippen molar-refractivity contribution < 1.29 is 10.2 Å². The van der Waals surface area contributed by atoms with Crippen LogP contribution in [-0.4, -0.2) is 28.7 Å². The largest absolute Gasteiger partial charge is 0.507 e. The second-order valence-corrected chi connectivity index (χ2v) is 5.85. The Morgan fingerprint density at radius 2 is 1.19 bits per heavy atom. The minimum absolute atomic E-state index is 0.139. The molecule has 6 N–H and O–H groups in total. The zero-order chi connectivity index (χ0) is 18.9. The third-order valence-corrected chi connectivity index (χ3v) is 4.03. The van der Waals surface area contributed by atoms with E-state index in [1.54, 1.807) is 48.6 Å². The molecule has 26 heavy (non-hydrogen) atoms. The Morgan fingerprint density at radius 1 is 0.808 bits per heavy atom. The molecule has 0 saturated heterocycles. The lowest BCUT2D eigenvalue weighted by Gasteiger charge is -2.19. The second kappa shape index (κ2) is 9.34. The molecular formula is C21H23N3O2. The predicted octanol–water partition coefficient (Wildman–Crippen LogP) is 3.97. The molecular weight excluding hydrogens is 326 g/mol. The van der Waals surface area contributed by atoms with E-state index in [2.05, 4.69) is 0 Å². The van der Waals surface area contributed by atoms with E-state index < -0.39 is 6.04 Å². The van der Waals surface area contributed by atoms with Crippen LogP contribution in [0.5, 0.6) is 11.5 Å². The van der Waals surface area contributed by atoms with Gasteiger partial charge in [-0.05, 0) is 47.9 Å². The fourth-order valence-electron chi connectivity index (χ4n) is 2.64. The molecule has 5 nitrogen and oxygen atoms in total. The highest BCUT2D eigenvalue weighted by Crippen LogP contribution is 2.26. The lowest BCUT2D eigenvalue weighted by atomic mass is 9.92. The highest BCUT2D eigenvalue weighted by Gasteiger charge is 2.15. The Kier molecular flexibility index (Phi) is 6.88. The highest BCUT2D eigenvalue weighted by atomic mass is 16.3. The van der Waals surface area contributed by atoms with Crippen molar-refractivity contribution in [3.05, 3.63) is 70.8 Å². The number of phenols is 2. The van der Waals surface area contributed by atoms with Gasteiger partial charge in [-0.1, -0.05) is 36.4 Å². The lowest BCUT2D eigenvalue weighted by molar-refractivity contribution is 0.473. The summed E-state index contributed by atoms with van der Waals surface area (Å²) >= 11 is 0. The van der Waals surface area contributed by atoms with E-state index in [9.17, 15) is 10.2 Å². The zero-order valence-corrected chi connectivity index (χ0v) is 14.4. The first-order valence-corrected chi connectivity index (χ1v) is 8.27. The molecule has 0 atom stereocenters. The van der Waals surface area contributed by atoms with Gasteiger partial charge in [0.05, 0.1) is 0 Å². The van der Waals surface area contributed by atoms with Crippen LogP contribution in [0.1, 0.15) is 24.0 Å². The summed E-state index contributed by atoms with van der Waals surface area (Å²) in [6.07, 6.45) is 6.71. The van der Waals surface area contributed by atoms with Gasteiger partial charge in [0, 0.05) is 30.0 Å². The molecule has 2 aromatic carbocycles. The zero-order valence-electron chi connectivity index (χ0n) is 14.4. The van der Waals surface area contributed by atoms with Crippen LogP contribution in [0, 0.1) is 10.8 Å². The van der Waals surface area contributed by atoms with Gasteiger partial charge >= 0.3 is 0 Å². The summed E-state index contributed by atoms with van der Waals surface area (Å²) in [5.41, 5.74) is 9.15. The van der Waals surface area contributed by atoms with E-state index >= 15 is 0 Å². The molecule has 0 radical (unpaired) electrons. The molecule has 0 bridgehead atoms. The Balaban J connectivity index is 2.45. The highest BCUT2D eigenvalue weighted by molar-refractivity contribution is 5.72. The maximum atomic E-state index is 10.00. The van der Waals surface area contributed by atoms with E-state index in [4.69, 9.17) is 16.6 Å². The Morgan fingerprint density at radius 3 is 1.54 bits per heavy atom. The van der Waals surface area contributed by atoms with Crippen LogP contribution in [-0.2, 0) is 0 Å². The molecule has 134 valence electrons. The number of nitrogens with two attached hydrogens (primary N) is 1. The standard InChI is InChI=1S/C21H23N3O2/c22-11-9-17(13-15-5-1-3-7-19(15)25)21(24)18(10-12-23)14-16-6-2-4-8-20(16)26/h1-8,11-14,21-23,25-26H,9-10,24H2. The minimum atomic E-state index is -0.544. The van der Waals surface area contributed by atoms with Gasteiger partial charge in [0.2, 0.25) is 0 Å². The molecule has 0 aliphatic rings. The monoisotopic (exact) mass is 349 g/mol. The van der Waals surface area contributed by atoms with Crippen molar-refractivity contribution in [1.82, 2.24) is 0 Å². The number of rotatable bonds is 8. The van der Waals surface area contributed by atoms with Crippen LogP contribution >= 0.6 is 0 Å². The number of aromatic hydroxyl groups is 2. The first-order valence-electron chi connectivity index (χ1n) is 8.27. The molecule has 0 aliphatic carbocycles. The predicted molar refractivity (Wildman–Crippen MR) is 107 cm³/mol. The molecule has 2 aromatic rings. The summed E-state index contributed by atoms with van der Waals surface area (Å²) in [5, 5.41) is 34.9. The van der Waals surface area contributed by atoms with Crippen LogP contribution in [0.3, 0.4) is 0 Å². The third-order valence-electron chi connectivity index (χ3n) is 4.03. The van der Waals surface area contributed by atoms with Gasteiger partial charge in [-0.15, -0.1) is 0 Å². The number of phenolic OH excluding ortho intramolecular Hbond substituents is 2. The van der Waals surface area contributed by atoms with E-state index in [1.807, 2.05) is 12.1 Å². The van der Waals surface area contributed by atoms with Crippen molar-refractivity contribution in [2.45, 2.75) is 18.9 Å². The normalized spacial score (nSPS) is 13.3. The number of nitrogens with one attached hydrogen (secondary N) is 2. The summed E-state index contributed by atoms with van der Waals surface area (Å²) in [6, 6.07) is 13.3. The molecule has 0 amide bonds. The van der Waals surface area contributed by atoms with Crippen molar-refractivity contribution in [2.75, 3.05) is 0 Å². The number of para-hydroxylation sites is 2. The summed E-state index contributed by atoms with van der Waals surface area (Å²) in [4.78, 5) is 0. The molecule has 0 fully saturated rings. The van der Waals surface area contributed by atoms with Crippen molar-refractivity contribution in [1.29, 1.82) is 10.8 Å². The Labute approximate surface area is 153 Å². The van der Waals surface area contributed by atoms with Crippen LogP contribution < -0.4 is 5.73 Å².